The molecule has 134 valence electrons. The average Bonchev–Trinajstić information content (AvgIpc) is 2.66. The third-order valence-electron chi connectivity index (χ3n) is 4.46. The first kappa shape index (κ1) is 16.6. The molecular formula is C19H16N6O2. The summed E-state index contributed by atoms with van der Waals surface area (Å²) in [6.45, 7) is 2.09. The first-order chi connectivity index (χ1) is 13.0. The minimum atomic E-state index is -0.768. The van der Waals surface area contributed by atoms with Crippen LogP contribution in [0, 0.1) is 12.3 Å². The molecule has 1 amide bonds. The Bertz CT molecular complexity index is 1320. The molecule has 4 heterocycles. The lowest BCUT2D eigenvalue weighted by atomic mass is 10.2. The van der Waals surface area contributed by atoms with Crippen LogP contribution in [-0.4, -0.2) is 24.8 Å². The topological polar surface area (TPSA) is 119 Å². The summed E-state index contributed by atoms with van der Waals surface area (Å²) in [7, 11) is 0. The molecule has 3 N–H and O–H groups in total. The number of hydrogen-bond acceptors (Lipinski definition) is 5. The third kappa shape index (κ3) is 2.67. The number of aromatic nitrogens is 4. The molecule has 8 nitrogen and oxygen atoms in total. The molecule has 0 aliphatic heterocycles. The number of primary amides is 1. The highest BCUT2D eigenvalue weighted by atomic mass is 16.1. The molecule has 0 bridgehead atoms. The average molecular weight is 360 g/mol. The normalized spacial score (nSPS) is 11.1. The van der Waals surface area contributed by atoms with Crippen molar-refractivity contribution in [3.05, 3.63) is 81.5 Å². The number of pyridine rings is 3. The van der Waals surface area contributed by atoms with Gasteiger partial charge in [0.1, 0.15) is 16.8 Å². The highest BCUT2D eigenvalue weighted by Gasteiger charge is 2.16. The second-order valence-corrected chi connectivity index (χ2v) is 6.26. The van der Waals surface area contributed by atoms with E-state index in [4.69, 9.17) is 11.1 Å². The standard InChI is InChI=1S/C19H16N6O2/c1-11-4-3-7-24-17(11)23-18-14(19(24)27)8-13(16(21)26)15(20)25(18)10-12-5-2-6-22-9-12/h2-9,20H,10H2,1H3,(H2,21,26). The number of carbonyl (C=O) groups excluding carboxylic acids is 1. The van der Waals surface area contributed by atoms with E-state index in [1.54, 1.807) is 30.7 Å². The molecule has 0 aromatic carbocycles. The molecule has 0 saturated carbocycles. The van der Waals surface area contributed by atoms with Crippen LogP contribution in [0.5, 0.6) is 0 Å². The van der Waals surface area contributed by atoms with E-state index in [9.17, 15) is 9.59 Å². The Labute approximate surface area is 153 Å². The van der Waals surface area contributed by atoms with E-state index in [-0.39, 0.29) is 28.5 Å². The lowest BCUT2D eigenvalue weighted by molar-refractivity contribution is 0.0998. The molecule has 4 aromatic rings. The van der Waals surface area contributed by atoms with Crippen molar-refractivity contribution in [2.45, 2.75) is 13.5 Å². The van der Waals surface area contributed by atoms with Gasteiger partial charge in [-0.25, -0.2) is 4.98 Å². The minimum absolute atomic E-state index is 0.0297. The number of nitrogens with two attached hydrogens (primary N) is 1. The van der Waals surface area contributed by atoms with Crippen molar-refractivity contribution in [2.75, 3.05) is 0 Å². The molecule has 4 aromatic heterocycles. The van der Waals surface area contributed by atoms with Gasteiger partial charge in [0.05, 0.1) is 17.5 Å². The monoisotopic (exact) mass is 360 g/mol. The number of aryl methyl sites for hydroxylation is 1. The number of carbonyl (C=O) groups is 1. The summed E-state index contributed by atoms with van der Waals surface area (Å²) in [5, 5.41) is 8.66. The van der Waals surface area contributed by atoms with Crippen LogP contribution in [-0.2, 0) is 6.54 Å². The number of rotatable bonds is 3. The first-order valence-corrected chi connectivity index (χ1v) is 8.26. The van der Waals surface area contributed by atoms with Gasteiger partial charge < -0.3 is 10.3 Å². The summed E-state index contributed by atoms with van der Waals surface area (Å²) in [5.41, 5.74) is 7.47. The van der Waals surface area contributed by atoms with E-state index in [2.05, 4.69) is 9.97 Å². The minimum Gasteiger partial charge on any atom is -0.365 e. The lowest BCUT2D eigenvalue weighted by Crippen LogP contribution is -2.32. The highest BCUT2D eigenvalue weighted by molar-refractivity contribution is 5.95. The van der Waals surface area contributed by atoms with Gasteiger partial charge >= 0.3 is 0 Å². The van der Waals surface area contributed by atoms with Crippen LogP contribution in [0.15, 0.2) is 53.7 Å². The number of amides is 1. The maximum atomic E-state index is 13.0. The zero-order chi connectivity index (χ0) is 19.1. The van der Waals surface area contributed by atoms with E-state index in [1.807, 2.05) is 19.1 Å². The molecule has 0 saturated heterocycles. The molecular weight excluding hydrogens is 344 g/mol. The molecule has 4 rings (SSSR count). The van der Waals surface area contributed by atoms with E-state index in [1.165, 1.54) is 15.0 Å². The van der Waals surface area contributed by atoms with Crippen molar-refractivity contribution in [2.24, 2.45) is 5.73 Å². The maximum absolute atomic E-state index is 13.0. The van der Waals surface area contributed by atoms with Crippen molar-refractivity contribution in [3.63, 3.8) is 0 Å². The molecule has 8 heteroatoms. The van der Waals surface area contributed by atoms with E-state index >= 15 is 0 Å². The fraction of sp³-hybridized carbons (Fsp3) is 0.105. The number of fused-ring (bicyclic) bond motifs is 2. The Balaban J connectivity index is 2.16. The second-order valence-electron chi connectivity index (χ2n) is 6.26. The van der Waals surface area contributed by atoms with Crippen LogP contribution in [0.3, 0.4) is 0 Å². The Morgan fingerprint density at radius 2 is 2.07 bits per heavy atom. The largest absolute Gasteiger partial charge is 0.365 e. The Kier molecular flexibility index (Phi) is 3.80. The molecule has 0 atom stereocenters. The van der Waals surface area contributed by atoms with Crippen molar-refractivity contribution in [3.8, 4) is 0 Å². The van der Waals surface area contributed by atoms with Gasteiger partial charge in [-0.15, -0.1) is 0 Å². The number of nitrogens with zero attached hydrogens (tertiary/aromatic N) is 4. The predicted molar refractivity (Wildman–Crippen MR) is 99.4 cm³/mol. The highest BCUT2D eigenvalue weighted by Crippen LogP contribution is 2.13. The van der Waals surface area contributed by atoms with Gasteiger partial charge in [-0.2, -0.15) is 0 Å². The number of hydrogen-bond donors (Lipinski definition) is 2. The Hall–Kier alpha value is -3.81. The van der Waals surface area contributed by atoms with E-state index in [0.29, 0.717) is 11.3 Å². The SMILES string of the molecule is Cc1cccn2c(=O)c3cc(C(N)=O)c(=N)n(Cc4cccnc4)c3nc12. The lowest BCUT2D eigenvalue weighted by Gasteiger charge is -2.14. The van der Waals surface area contributed by atoms with Crippen LogP contribution in [0.1, 0.15) is 21.5 Å². The van der Waals surface area contributed by atoms with Crippen LogP contribution < -0.4 is 16.8 Å². The molecule has 0 aliphatic rings. The zero-order valence-corrected chi connectivity index (χ0v) is 14.5. The smallest absolute Gasteiger partial charge is 0.267 e. The van der Waals surface area contributed by atoms with Gasteiger partial charge in [0.2, 0.25) is 0 Å². The quantitative estimate of drug-likeness (QED) is 0.529. The molecule has 0 aliphatic carbocycles. The first-order valence-electron chi connectivity index (χ1n) is 8.26. The van der Waals surface area contributed by atoms with Gasteiger partial charge in [-0.3, -0.25) is 24.4 Å². The van der Waals surface area contributed by atoms with Crippen molar-refractivity contribution in [1.29, 1.82) is 5.41 Å². The van der Waals surface area contributed by atoms with Crippen LogP contribution in [0.25, 0.3) is 16.7 Å². The fourth-order valence-electron chi connectivity index (χ4n) is 3.11. The van der Waals surface area contributed by atoms with Gasteiger partial charge in [0.25, 0.3) is 11.5 Å². The summed E-state index contributed by atoms with van der Waals surface area (Å²) in [5.74, 6) is -0.768. The predicted octanol–water partition coefficient (Wildman–Crippen LogP) is 0.979. The van der Waals surface area contributed by atoms with Crippen LogP contribution in [0.2, 0.25) is 0 Å². The van der Waals surface area contributed by atoms with Gasteiger partial charge in [-0.05, 0) is 36.2 Å². The van der Waals surface area contributed by atoms with Crippen molar-refractivity contribution < 1.29 is 4.79 Å². The summed E-state index contributed by atoms with van der Waals surface area (Å²) in [6, 6.07) is 8.60. The Morgan fingerprint density at radius 3 is 2.78 bits per heavy atom. The third-order valence-corrected chi connectivity index (χ3v) is 4.46. The molecule has 27 heavy (non-hydrogen) atoms. The summed E-state index contributed by atoms with van der Waals surface area (Å²) >= 11 is 0. The zero-order valence-electron chi connectivity index (χ0n) is 14.5. The molecule has 0 spiro atoms. The van der Waals surface area contributed by atoms with Crippen molar-refractivity contribution in [1.82, 2.24) is 18.9 Å². The summed E-state index contributed by atoms with van der Waals surface area (Å²) in [4.78, 5) is 33.6. The Morgan fingerprint density at radius 1 is 1.26 bits per heavy atom. The van der Waals surface area contributed by atoms with E-state index in [0.717, 1.165) is 11.1 Å². The summed E-state index contributed by atoms with van der Waals surface area (Å²) in [6.07, 6.45) is 4.94. The van der Waals surface area contributed by atoms with Gasteiger partial charge in [-0.1, -0.05) is 12.1 Å². The van der Waals surface area contributed by atoms with Crippen LogP contribution in [0.4, 0.5) is 0 Å². The van der Waals surface area contributed by atoms with E-state index < -0.39 is 5.91 Å². The van der Waals surface area contributed by atoms with Crippen LogP contribution >= 0.6 is 0 Å². The molecule has 0 radical (unpaired) electrons. The van der Waals surface area contributed by atoms with Gasteiger partial charge in [0.15, 0.2) is 0 Å². The molecule has 0 unspecified atom stereocenters. The van der Waals surface area contributed by atoms with Crippen molar-refractivity contribution >= 4 is 22.6 Å². The fourth-order valence-corrected chi connectivity index (χ4v) is 3.11. The second kappa shape index (κ2) is 6.17. The summed E-state index contributed by atoms with van der Waals surface area (Å²) < 4.78 is 2.95. The number of nitrogens with one attached hydrogen (secondary N) is 1. The van der Waals surface area contributed by atoms with Gasteiger partial charge in [0, 0.05) is 18.6 Å². The maximum Gasteiger partial charge on any atom is 0.267 e. The molecule has 0 fully saturated rings.